The van der Waals surface area contributed by atoms with Crippen molar-refractivity contribution in [1.29, 1.82) is 0 Å². The lowest BCUT2D eigenvalue weighted by Crippen LogP contribution is -2.27. The summed E-state index contributed by atoms with van der Waals surface area (Å²) < 4.78 is 7.50. The molecule has 1 atom stereocenters. The average molecular weight is 479 g/mol. The number of benzene rings is 3. The van der Waals surface area contributed by atoms with Gasteiger partial charge in [0.2, 0.25) is 5.91 Å². The number of nitrogens with zero attached hydrogens (tertiary/aromatic N) is 4. The van der Waals surface area contributed by atoms with Crippen LogP contribution in [0.5, 0.6) is 5.75 Å². The van der Waals surface area contributed by atoms with E-state index in [2.05, 4.69) is 10.2 Å². The molecule has 1 unspecified atom stereocenters. The number of rotatable bonds is 7. The summed E-state index contributed by atoms with van der Waals surface area (Å²) in [4.78, 5) is 14.7. The molecule has 0 spiro atoms. The Hall–Kier alpha value is -3.29. The van der Waals surface area contributed by atoms with Crippen LogP contribution in [0.4, 0.5) is 0 Å². The van der Waals surface area contributed by atoms with Crippen molar-refractivity contribution in [2.45, 2.75) is 10.4 Å². The SMILES string of the molecule is COc1ccccc1-c1nnc(SC(C(=O)N(C)C)c2ccccc2)n1-c1ccc(Cl)cc1. The highest BCUT2D eigenvalue weighted by molar-refractivity contribution is 8.00. The van der Waals surface area contributed by atoms with E-state index in [1.165, 1.54) is 11.8 Å². The van der Waals surface area contributed by atoms with Crippen LogP contribution in [-0.4, -0.2) is 46.8 Å². The van der Waals surface area contributed by atoms with Crippen molar-refractivity contribution in [1.82, 2.24) is 19.7 Å². The average Bonchev–Trinajstić information content (AvgIpc) is 3.26. The number of methoxy groups -OCH3 is 1. The minimum atomic E-state index is -0.484. The molecule has 3 aromatic carbocycles. The summed E-state index contributed by atoms with van der Waals surface area (Å²) in [6.07, 6.45) is 0. The highest BCUT2D eigenvalue weighted by atomic mass is 35.5. The first-order chi connectivity index (χ1) is 16.0. The van der Waals surface area contributed by atoms with Gasteiger partial charge in [-0.3, -0.25) is 9.36 Å². The molecule has 0 fully saturated rings. The van der Waals surface area contributed by atoms with Crippen LogP contribution in [0.1, 0.15) is 10.8 Å². The predicted molar refractivity (Wildman–Crippen MR) is 132 cm³/mol. The van der Waals surface area contributed by atoms with Crippen molar-refractivity contribution in [2.75, 3.05) is 21.2 Å². The minimum absolute atomic E-state index is 0.0318. The molecular formula is C25H23ClN4O2S. The van der Waals surface area contributed by atoms with E-state index < -0.39 is 5.25 Å². The maximum absolute atomic E-state index is 13.1. The normalized spacial score (nSPS) is 11.8. The van der Waals surface area contributed by atoms with Crippen LogP contribution < -0.4 is 4.74 Å². The van der Waals surface area contributed by atoms with E-state index >= 15 is 0 Å². The lowest BCUT2D eigenvalue weighted by atomic mass is 10.1. The maximum Gasteiger partial charge on any atom is 0.240 e. The summed E-state index contributed by atoms with van der Waals surface area (Å²) in [7, 11) is 5.13. The molecule has 4 aromatic rings. The lowest BCUT2D eigenvalue weighted by molar-refractivity contribution is -0.128. The third-order valence-electron chi connectivity index (χ3n) is 5.06. The maximum atomic E-state index is 13.1. The van der Waals surface area contributed by atoms with Crippen molar-refractivity contribution >= 4 is 29.3 Å². The molecule has 8 heteroatoms. The van der Waals surface area contributed by atoms with Gasteiger partial charge in [0, 0.05) is 24.8 Å². The van der Waals surface area contributed by atoms with Gasteiger partial charge in [0.15, 0.2) is 11.0 Å². The fraction of sp³-hybridized carbons (Fsp3) is 0.160. The van der Waals surface area contributed by atoms with Crippen LogP contribution in [0.3, 0.4) is 0 Å². The summed E-state index contributed by atoms with van der Waals surface area (Å²) in [5.41, 5.74) is 2.52. The molecule has 168 valence electrons. The van der Waals surface area contributed by atoms with Gasteiger partial charge in [0.05, 0.1) is 12.7 Å². The smallest absolute Gasteiger partial charge is 0.240 e. The predicted octanol–water partition coefficient (Wildman–Crippen LogP) is 5.52. The molecule has 0 aliphatic rings. The number of likely N-dealkylation sites (N-methyl/N-ethyl adjacent to an activating group) is 1. The number of amides is 1. The molecule has 1 aromatic heterocycles. The van der Waals surface area contributed by atoms with E-state index in [1.54, 1.807) is 26.1 Å². The molecule has 4 rings (SSSR count). The van der Waals surface area contributed by atoms with Gasteiger partial charge in [-0.2, -0.15) is 0 Å². The molecule has 0 saturated carbocycles. The Labute approximate surface area is 202 Å². The van der Waals surface area contributed by atoms with Crippen molar-refractivity contribution in [2.24, 2.45) is 0 Å². The Morgan fingerprint density at radius 1 is 0.970 bits per heavy atom. The zero-order valence-electron chi connectivity index (χ0n) is 18.5. The van der Waals surface area contributed by atoms with Crippen molar-refractivity contribution < 1.29 is 9.53 Å². The Bertz CT molecular complexity index is 1240. The largest absolute Gasteiger partial charge is 0.496 e. The van der Waals surface area contributed by atoms with Gasteiger partial charge < -0.3 is 9.64 Å². The van der Waals surface area contributed by atoms with Crippen LogP contribution in [0.25, 0.3) is 17.1 Å². The van der Waals surface area contributed by atoms with Gasteiger partial charge in [-0.25, -0.2) is 0 Å². The Morgan fingerprint density at radius 2 is 1.64 bits per heavy atom. The van der Waals surface area contributed by atoms with Crippen molar-refractivity contribution in [3.8, 4) is 22.8 Å². The number of para-hydroxylation sites is 1. The summed E-state index contributed by atoms with van der Waals surface area (Å²) in [6, 6.07) is 24.8. The molecule has 6 nitrogen and oxygen atoms in total. The Balaban J connectivity index is 1.87. The minimum Gasteiger partial charge on any atom is -0.496 e. The second-order valence-electron chi connectivity index (χ2n) is 7.46. The molecule has 1 amide bonds. The third kappa shape index (κ3) is 4.89. The van der Waals surface area contributed by atoms with E-state index in [0.717, 1.165) is 16.8 Å². The second kappa shape index (κ2) is 10.1. The number of halogens is 1. The zero-order valence-corrected chi connectivity index (χ0v) is 20.0. The zero-order chi connectivity index (χ0) is 23.4. The molecule has 0 saturated heterocycles. The monoisotopic (exact) mass is 478 g/mol. The number of ether oxygens (including phenoxy) is 1. The first-order valence-corrected chi connectivity index (χ1v) is 11.5. The first kappa shape index (κ1) is 22.9. The molecular weight excluding hydrogens is 456 g/mol. The molecule has 0 bridgehead atoms. The van der Waals surface area contributed by atoms with E-state index in [9.17, 15) is 4.79 Å². The molecule has 0 N–H and O–H groups in total. The van der Waals surface area contributed by atoms with Gasteiger partial charge in [-0.15, -0.1) is 10.2 Å². The van der Waals surface area contributed by atoms with Crippen LogP contribution in [0.15, 0.2) is 84.0 Å². The van der Waals surface area contributed by atoms with E-state index in [-0.39, 0.29) is 5.91 Å². The number of hydrogen-bond donors (Lipinski definition) is 0. The molecule has 1 heterocycles. The van der Waals surface area contributed by atoms with Crippen LogP contribution >= 0.6 is 23.4 Å². The van der Waals surface area contributed by atoms with Gasteiger partial charge >= 0.3 is 0 Å². The van der Waals surface area contributed by atoms with Gasteiger partial charge in [0.25, 0.3) is 0 Å². The van der Waals surface area contributed by atoms with Gasteiger partial charge in [0.1, 0.15) is 11.0 Å². The summed E-state index contributed by atoms with van der Waals surface area (Å²) in [6.45, 7) is 0. The Morgan fingerprint density at radius 3 is 2.30 bits per heavy atom. The van der Waals surface area contributed by atoms with Gasteiger partial charge in [-0.05, 0) is 42.0 Å². The highest BCUT2D eigenvalue weighted by Gasteiger charge is 2.28. The molecule has 0 radical (unpaired) electrons. The highest BCUT2D eigenvalue weighted by Crippen LogP contribution is 2.39. The number of hydrogen-bond acceptors (Lipinski definition) is 5. The summed E-state index contributed by atoms with van der Waals surface area (Å²) >= 11 is 7.50. The van der Waals surface area contributed by atoms with Crippen molar-refractivity contribution in [3.05, 3.63) is 89.4 Å². The fourth-order valence-electron chi connectivity index (χ4n) is 3.40. The summed E-state index contributed by atoms with van der Waals surface area (Å²) in [5, 5.41) is 9.72. The fourth-order valence-corrected chi connectivity index (χ4v) is 4.73. The Kier molecular flexibility index (Phi) is 7.01. The number of thioether (sulfide) groups is 1. The number of carbonyl (C=O) groups excluding carboxylic acids is 1. The number of carbonyl (C=O) groups is 1. The first-order valence-electron chi connectivity index (χ1n) is 10.3. The molecule has 0 aliphatic carbocycles. The van der Waals surface area contributed by atoms with E-state index in [4.69, 9.17) is 16.3 Å². The third-order valence-corrected chi connectivity index (χ3v) is 6.49. The molecule has 0 aliphatic heterocycles. The van der Waals surface area contributed by atoms with E-state index in [0.29, 0.717) is 21.8 Å². The standard InChI is InChI=1S/C25H23ClN4O2S/c1-29(2)24(31)22(17-9-5-4-6-10-17)33-25-28-27-23(20-11-7-8-12-21(20)32-3)30(25)19-15-13-18(26)14-16-19/h4-16,22H,1-3H3. The lowest BCUT2D eigenvalue weighted by Gasteiger charge is -2.21. The van der Waals surface area contributed by atoms with Crippen molar-refractivity contribution in [3.63, 3.8) is 0 Å². The number of aromatic nitrogens is 3. The summed E-state index contributed by atoms with van der Waals surface area (Å²) in [5.74, 6) is 1.26. The second-order valence-corrected chi connectivity index (χ2v) is 8.97. The quantitative estimate of drug-likeness (QED) is 0.327. The van der Waals surface area contributed by atoms with E-state index in [1.807, 2.05) is 83.4 Å². The topological polar surface area (TPSA) is 60.3 Å². The molecule has 33 heavy (non-hydrogen) atoms. The van der Waals surface area contributed by atoms with Crippen LogP contribution in [-0.2, 0) is 4.79 Å². The van der Waals surface area contributed by atoms with Crippen LogP contribution in [0.2, 0.25) is 5.02 Å². The van der Waals surface area contributed by atoms with Crippen LogP contribution in [0, 0.1) is 0 Å². The van der Waals surface area contributed by atoms with Gasteiger partial charge in [-0.1, -0.05) is 65.8 Å².